The zero-order valence-electron chi connectivity index (χ0n) is 25.7. The summed E-state index contributed by atoms with van der Waals surface area (Å²) in [6, 6.07) is 49.9. The molecule has 0 bridgehead atoms. The fourth-order valence-corrected chi connectivity index (χ4v) is 6.66. The van der Waals surface area contributed by atoms with E-state index in [0.29, 0.717) is 0 Å². The van der Waals surface area contributed by atoms with Gasteiger partial charge in [-0.05, 0) is 80.2 Å². The van der Waals surface area contributed by atoms with E-state index in [1.165, 1.54) is 43.8 Å². The number of pyridine rings is 1. The molecule has 0 fully saturated rings. The summed E-state index contributed by atoms with van der Waals surface area (Å²) in [5.41, 5.74) is 10.3. The highest BCUT2D eigenvalue weighted by Gasteiger charge is 2.24. The molecule has 6 heteroatoms. The van der Waals surface area contributed by atoms with Gasteiger partial charge in [-0.1, -0.05) is 108 Å². The van der Waals surface area contributed by atoms with Crippen LogP contribution >= 0.6 is 0 Å². The molecular weight excluding hydrogens is 543 g/mol. The van der Waals surface area contributed by atoms with Crippen LogP contribution in [-0.4, -0.2) is 38.1 Å². The SMILES string of the molecule is BC(B)(B)c1nc2ccccc2n1-c1ccc(-c2c3ccccc3c(-c3ccc(-c4ccccn4)cc3)c3ccccc23)cc1. The number of hydrogen-bond donors (Lipinski definition) is 0. The predicted octanol–water partition coefficient (Wildman–Crippen LogP) is 6.74. The van der Waals surface area contributed by atoms with Crippen molar-refractivity contribution in [2.24, 2.45) is 0 Å². The molecule has 6 aromatic carbocycles. The van der Waals surface area contributed by atoms with Gasteiger partial charge in [0.2, 0.25) is 0 Å². The molecule has 0 amide bonds. The second kappa shape index (κ2) is 10.7. The van der Waals surface area contributed by atoms with Crippen molar-refractivity contribution in [1.29, 1.82) is 0 Å². The second-order valence-corrected chi connectivity index (χ2v) is 12.7. The normalized spacial score (nSPS) is 11.8. The standard InChI is InChI=1S/C39H30B3N3/c40-39(41,42)38-44-34-14-5-6-15-35(34)45(38)28-22-20-27(21-23-28)37-31-11-3-1-9-29(31)36(30-10-2-4-12-32(30)37)26-18-16-25(17-19-26)33-13-7-8-24-43-33/h1-24H,40-42H2. The summed E-state index contributed by atoms with van der Waals surface area (Å²) in [7, 11) is 6.68. The van der Waals surface area contributed by atoms with E-state index in [9.17, 15) is 0 Å². The molecule has 3 nitrogen and oxygen atoms in total. The van der Waals surface area contributed by atoms with Crippen LogP contribution in [0, 0.1) is 0 Å². The summed E-state index contributed by atoms with van der Waals surface area (Å²) in [4.78, 5) is 9.59. The first-order valence-electron chi connectivity index (χ1n) is 15.5. The third-order valence-electron chi connectivity index (χ3n) is 8.71. The molecule has 45 heavy (non-hydrogen) atoms. The maximum Gasteiger partial charge on any atom is 0.0994 e. The van der Waals surface area contributed by atoms with E-state index in [1.54, 1.807) is 0 Å². The average molecular weight is 573 g/mol. The van der Waals surface area contributed by atoms with E-state index in [2.05, 4.69) is 160 Å². The van der Waals surface area contributed by atoms with Crippen LogP contribution in [0.15, 0.2) is 146 Å². The molecule has 0 aliphatic rings. The molecule has 8 aromatic rings. The highest BCUT2D eigenvalue weighted by atomic mass is 15.1. The van der Waals surface area contributed by atoms with E-state index in [0.717, 1.165) is 33.8 Å². The molecule has 2 heterocycles. The van der Waals surface area contributed by atoms with Gasteiger partial charge in [0.1, 0.15) is 0 Å². The van der Waals surface area contributed by atoms with Crippen LogP contribution in [0.4, 0.5) is 0 Å². The number of para-hydroxylation sites is 2. The number of aromatic nitrogens is 3. The van der Waals surface area contributed by atoms with E-state index in [-0.39, 0.29) is 5.11 Å². The van der Waals surface area contributed by atoms with Crippen LogP contribution < -0.4 is 0 Å². The van der Waals surface area contributed by atoms with E-state index in [1.807, 2.05) is 18.3 Å². The van der Waals surface area contributed by atoms with Crippen molar-refractivity contribution in [2.75, 3.05) is 0 Å². The maximum absolute atomic E-state index is 5.04. The first kappa shape index (κ1) is 27.2. The van der Waals surface area contributed by atoms with Gasteiger partial charge in [0.25, 0.3) is 0 Å². The summed E-state index contributed by atoms with van der Waals surface area (Å²) in [6.07, 6.45) is 1.84. The quantitative estimate of drug-likeness (QED) is 0.169. The summed E-state index contributed by atoms with van der Waals surface area (Å²) in [5, 5.41) is 4.89. The van der Waals surface area contributed by atoms with E-state index < -0.39 is 0 Å². The van der Waals surface area contributed by atoms with Crippen molar-refractivity contribution in [2.45, 2.75) is 5.11 Å². The largest absolute Gasteiger partial charge is 0.298 e. The monoisotopic (exact) mass is 573 g/mol. The van der Waals surface area contributed by atoms with Gasteiger partial charge < -0.3 is 0 Å². The number of nitrogens with zero attached hydrogens (tertiary/aromatic N) is 3. The lowest BCUT2D eigenvalue weighted by Crippen LogP contribution is -2.31. The molecule has 0 aliphatic carbocycles. The Balaban J connectivity index is 1.30. The summed E-state index contributed by atoms with van der Waals surface area (Å²) in [6.45, 7) is 0. The van der Waals surface area contributed by atoms with Gasteiger partial charge in [0.05, 0.1) is 46.1 Å². The Kier molecular flexibility index (Phi) is 6.46. The highest BCUT2D eigenvalue weighted by Crippen LogP contribution is 2.44. The molecule has 8 rings (SSSR count). The molecule has 0 unspecified atom stereocenters. The van der Waals surface area contributed by atoms with Crippen LogP contribution in [0.25, 0.3) is 71.8 Å². The third-order valence-corrected chi connectivity index (χ3v) is 8.71. The number of imidazole rings is 1. The molecule has 0 N–H and O–H groups in total. The zero-order chi connectivity index (χ0) is 30.5. The molecule has 0 aliphatic heterocycles. The smallest absolute Gasteiger partial charge is 0.0994 e. The Labute approximate surface area is 265 Å². The van der Waals surface area contributed by atoms with Crippen LogP contribution in [-0.2, 0) is 5.11 Å². The number of hydrogen-bond acceptors (Lipinski definition) is 2. The minimum Gasteiger partial charge on any atom is -0.298 e. The van der Waals surface area contributed by atoms with Gasteiger partial charge in [0, 0.05) is 17.4 Å². The van der Waals surface area contributed by atoms with Gasteiger partial charge in [0.15, 0.2) is 0 Å². The lowest BCUT2D eigenvalue weighted by Gasteiger charge is -2.21. The van der Waals surface area contributed by atoms with Gasteiger partial charge >= 0.3 is 0 Å². The Morgan fingerprint density at radius 2 is 0.978 bits per heavy atom. The first-order valence-corrected chi connectivity index (χ1v) is 15.5. The van der Waals surface area contributed by atoms with Gasteiger partial charge in [-0.2, -0.15) is 0 Å². The maximum atomic E-state index is 5.04. The van der Waals surface area contributed by atoms with Gasteiger partial charge in [-0.15, -0.1) is 0 Å². The van der Waals surface area contributed by atoms with Crippen LogP contribution in [0.1, 0.15) is 5.82 Å². The summed E-state index contributed by atoms with van der Waals surface area (Å²) in [5.74, 6) is 1.06. The van der Waals surface area contributed by atoms with Crippen molar-refractivity contribution in [3.8, 4) is 39.2 Å². The third kappa shape index (κ3) is 4.65. The zero-order valence-corrected chi connectivity index (χ0v) is 25.7. The molecule has 0 atom stereocenters. The van der Waals surface area contributed by atoms with E-state index >= 15 is 0 Å². The van der Waals surface area contributed by atoms with Crippen molar-refractivity contribution in [3.63, 3.8) is 0 Å². The molecule has 210 valence electrons. The van der Waals surface area contributed by atoms with Crippen LogP contribution in [0.5, 0.6) is 0 Å². The molecule has 0 spiro atoms. The number of rotatable bonds is 5. The molecule has 2 aromatic heterocycles. The topological polar surface area (TPSA) is 30.7 Å². The van der Waals surface area contributed by atoms with Crippen molar-refractivity contribution in [3.05, 3.63) is 152 Å². The van der Waals surface area contributed by atoms with Crippen LogP contribution in [0.3, 0.4) is 0 Å². The fraction of sp³-hybridized carbons (Fsp3) is 0.0256. The fourth-order valence-electron chi connectivity index (χ4n) is 6.66. The van der Waals surface area contributed by atoms with Crippen molar-refractivity contribution in [1.82, 2.24) is 14.5 Å². The lowest BCUT2D eigenvalue weighted by atomic mass is 9.42. The number of benzene rings is 6. The second-order valence-electron chi connectivity index (χ2n) is 12.7. The molecule has 0 radical (unpaired) electrons. The number of fused-ring (bicyclic) bond motifs is 3. The summed E-state index contributed by atoms with van der Waals surface area (Å²) < 4.78 is 2.31. The van der Waals surface area contributed by atoms with Crippen molar-refractivity contribution < 1.29 is 0 Å². The van der Waals surface area contributed by atoms with Crippen molar-refractivity contribution >= 4 is 56.1 Å². The predicted molar refractivity (Wildman–Crippen MR) is 197 cm³/mol. The Hall–Kier alpha value is -5.35. The highest BCUT2D eigenvalue weighted by molar-refractivity contribution is 6.58. The average Bonchev–Trinajstić information content (AvgIpc) is 3.49. The van der Waals surface area contributed by atoms with Gasteiger partial charge in [-0.3, -0.25) is 9.55 Å². The molecule has 0 saturated carbocycles. The lowest BCUT2D eigenvalue weighted by molar-refractivity contribution is 0.929. The minimum absolute atomic E-state index is 0.101. The van der Waals surface area contributed by atoms with Gasteiger partial charge in [-0.25, -0.2) is 4.98 Å². The van der Waals surface area contributed by atoms with E-state index in [4.69, 9.17) is 4.98 Å². The van der Waals surface area contributed by atoms with Crippen LogP contribution in [0.2, 0.25) is 0 Å². The first-order chi connectivity index (χ1) is 22.0. The molecular formula is C39H30B3N3. The minimum atomic E-state index is -0.101. The Bertz CT molecular complexity index is 2280. The Morgan fingerprint density at radius 1 is 0.489 bits per heavy atom. The summed E-state index contributed by atoms with van der Waals surface area (Å²) >= 11 is 0. The Morgan fingerprint density at radius 3 is 1.51 bits per heavy atom. The molecule has 0 saturated heterocycles.